The lowest BCUT2D eigenvalue weighted by Crippen LogP contribution is -2.40. The zero-order valence-electron chi connectivity index (χ0n) is 19.7. The molecule has 5 rings (SSSR count). The van der Waals surface area contributed by atoms with Crippen LogP contribution < -0.4 is 19.7 Å². The molecule has 12 heteroatoms. The van der Waals surface area contributed by atoms with Crippen molar-refractivity contribution < 1.29 is 18.3 Å². The Bertz CT molecular complexity index is 1130. The highest BCUT2D eigenvalue weighted by atomic mass is 32.1. The third-order valence-electron chi connectivity index (χ3n) is 6.41. The predicted molar refractivity (Wildman–Crippen MR) is 131 cm³/mol. The molecular weight excluding hydrogens is 476 g/mol. The maximum Gasteiger partial charge on any atom is 0.251 e. The second-order valence-electron chi connectivity index (χ2n) is 8.87. The second-order valence-corrected chi connectivity index (χ2v) is 9.47. The maximum absolute atomic E-state index is 13.7. The summed E-state index contributed by atoms with van der Waals surface area (Å²) in [5, 5.41) is 3.84. The molecule has 4 heterocycles. The Balaban J connectivity index is 1.42. The number of likely N-dealkylation sites (tertiary alicyclic amines) is 1. The van der Waals surface area contributed by atoms with Crippen LogP contribution in [0.2, 0.25) is 0 Å². The van der Waals surface area contributed by atoms with Crippen molar-refractivity contribution in [1.82, 2.24) is 24.2 Å². The third-order valence-corrected chi connectivity index (χ3v) is 6.89. The van der Waals surface area contributed by atoms with Gasteiger partial charge in [-0.15, -0.1) is 0 Å². The minimum atomic E-state index is -2.65. The number of fused-ring (bicyclic) bond motifs is 1. The number of rotatable bonds is 9. The van der Waals surface area contributed by atoms with Crippen molar-refractivity contribution in [2.45, 2.75) is 38.0 Å². The summed E-state index contributed by atoms with van der Waals surface area (Å²) in [4.78, 5) is 17.8. The molecule has 188 valence electrons. The van der Waals surface area contributed by atoms with Gasteiger partial charge in [0.25, 0.3) is 5.92 Å². The third kappa shape index (κ3) is 5.69. The number of alkyl halides is 2. The smallest absolute Gasteiger partial charge is 0.251 e. The van der Waals surface area contributed by atoms with Crippen LogP contribution in [0.15, 0.2) is 17.6 Å². The van der Waals surface area contributed by atoms with E-state index in [1.165, 1.54) is 24.4 Å². The van der Waals surface area contributed by atoms with Crippen LogP contribution in [0.3, 0.4) is 0 Å². The molecule has 0 aliphatic carbocycles. The first kappa shape index (κ1) is 23.9. The summed E-state index contributed by atoms with van der Waals surface area (Å²) in [6, 6.07) is 3.65. The van der Waals surface area contributed by atoms with Crippen LogP contribution in [-0.2, 0) is 0 Å². The van der Waals surface area contributed by atoms with Crippen molar-refractivity contribution >= 4 is 40.1 Å². The van der Waals surface area contributed by atoms with Crippen LogP contribution >= 0.6 is 11.5 Å². The van der Waals surface area contributed by atoms with E-state index >= 15 is 0 Å². The standard InChI is InChI=1S/C23H29F2N7O2S/c1-33-18-13-16-17(14-19(18)34-12-4-9-31-7-2-3-8-31)27-22(32-10-5-23(24,25)6-11-32)29-20(16)28-21-26-15-35-30-21/h13-15H,2-12H2,1H3,(H,27,28,29,30). The molecule has 2 aliphatic rings. The van der Waals surface area contributed by atoms with Crippen molar-refractivity contribution in [1.29, 1.82) is 0 Å². The van der Waals surface area contributed by atoms with E-state index in [1.54, 1.807) is 17.5 Å². The monoisotopic (exact) mass is 505 g/mol. The van der Waals surface area contributed by atoms with E-state index in [9.17, 15) is 8.78 Å². The molecule has 0 amide bonds. The highest BCUT2D eigenvalue weighted by molar-refractivity contribution is 7.03. The van der Waals surface area contributed by atoms with Crippen molar-refractivity contribution in [3.05, 3.63) is 17.6 Å². The zero-order valence-corrected chi connectivity index (χ0v) is 20.5. The SMILES string of the molecule is COc1cc2c(Nc3ncsn3)nc(N3CCC(F)(F)CC3)nc2cc1OCCCN1CCCC1. The van der Waals surface area contributed by atoms with Crippen LogP contribution in [0.5, 0.6) is 11.5 Å². The number of piperidine rings is 1. The first-order valence-corrected chi connectivity index (χ1v) is 12.8. The largest absolute Gasteiger partial charge is 0.493 e. The molecule has 0 saturated carbocycles. The fourth-order valence-corrected chi connectivity index (χ4v) is 4.86. The van der Waals surface area contributed by atoms with Gasteiger partial charge in [-0.1, -0.05) is 0 Å². The van der Waals surface area contributed by atoms with E-state index in [1.807, 2.05) is 12.1 Å². The highest BCUT2D eigenvalue weighted by Gasteiger charge is 2.35. The van der Waals surface area contributed by atoms with Crippen LogP contribution in [0.1, 0.15) is 32.1 Å². The molecule has 0 spiro atoms. The molecule has 0 radical (unpaired) electrons. The van der Waals surface area contributed by atoms with Crippen LogP contribution in [0, 0.1) is 0 Å². The van der Waals surface area contributed by atoms with Gasteiger partial charge in [-0.3, -0.25) is 0 Å². The molecule has 0 unspecified atom stereocenters. The Morgan fingerprint density at radius 2 is 1.89 bits per heavy atom. The number of anilines is 3. The van der Waals surface area contributed by atoms with Crippen LogP contribution in [-0.4, -0.2) is 76.6 Å². The highest BCUT2D eigenvalue weighted by Crippen LogP contribution is 2.37. The van der Waals surface area contributed by atoms with Gasteiger partial charge in [-0.25, -0.2) is 18.7 Å². The molecule has 2 fully saturated rings. The van der Waals surface area contributed by atoms with E-state index in [0.717, 1.165) is 26.1 Å². The maximum atomic E-state index is 13.7. The zero-order chi connectivity index (χ0) is 24.3. The molecule has 2 saturated heterocycles. The molecule has 1 N–H and O–H groups in total. The normalized spacial score (nSPS) is 18.2. The van der Waals surface area contributed by atoms with Gasteiger partial charge < -0.3 is 24.6 Å². The van der Waals surface area contributed by atoms with Crippen LogP contribution in [0.25, 0.3) is 10.9 Å². The number of methoxy groups -OCH3 is 1. The number of hydrogen-bond donors (Lipinski definition) is 1. The Hall–Kier alpha value is -2.86. The molecule has 3 aromatic rings. The van der Waals surface area contributed by atoms with Crippen molar-refractivity contribution in [3.63, 3.8) is 0 Å². The summed E-state index contributed by atoms with van der Waals surface area (Å²) in [5.74, 6) is -0.207. The number of nitrogens with one attached hydrogen (secondary N) is 1. The van der Waals surface area contributed by atoms with E-state index in [2.05, 4.69) is 24.6 Å². The molecule has 0 bridgehead atoms. The first-order valence-electron chi connectivity index (χ1n) is 11.9. The lowest BCUT2D eigenvalue weighted by Gasteiger charge is -2.32. The number of aromatic nitrogens is 4. The quantitative estimate of drug-likeness (QED) is 0.427. The average Bonchev–Trinajstić information content (AvgIpc) is 3.56. The van der Waals surface area contributed by atoms with Gasteiger partial charge in [0.15, 0.2) is 11.5 Å². The lowest BCUT2D eigenvalue weighted by atomic mass is 10.1. The molecule has 2 aliphatic heterocycles. The Labute approximate surface area is 206 Å². The summed E-state index contributed by atoms with van der Waals surface area (Å²) >= 11 is 1.22. The van der Waals surface area contributed by atoms with E-state index in [4.69, 9.17) is 14.5 Å². The molecule has 1 aromatic carbocycles. The molecule has 2 aromatic heterocycles. The number of nitrogens with zero attached hydrogens (tertiary/aromatic N) is 6. The van der Waals surface area contributed by atoms with Gasteiger partial charge in [-0.2, -0.15) is 9.36 Å². The molecular formula is C23H29F2N7O2S. The molecule has 35 heavy (non-hydrogen) atoms. The fourth-order valence-electron chi connectivity index (χ4n) is 4.48. The summed E-state index contributed by atoms with van der Waals surface area (Å²) in [6.45, 7) is 4.25. The summed E-state index contributed by atoms with van der Waals surface area (Å²) in [7, 11) is 1.59. The Morgan fingerprint density at radius 3 is 2.60 bits per heavy atom. The summed E-state index contributed by atoms with van der Waals surface area (Å²) < 4.78 is 43.4. The number of hydrogen-bond acceptors (Lipinski definition) is 10. The van der Waals surface area contributed by atoms with Crippen LogP contribution in [0.4, 0.5) is 26.5 Å². The van der Waals surface area contributed by atoms with Gasteiger partial charge in [0.2, 0.25) is 11.9 Å². The Kier molecular flexibility index (Phi) is 7.09. The van der Waals surface area contributed by atoms with E-state index in [-0.39, 0.29) is 25.9 Å². The minimum absolute atomic E-state index is 0.183. The first-order chi connectivity index (χ1) is 17.0. The average molecular weight is 506 g/mol. The Morgan fingerprint density at radius 1 is 1.09 bits per heavy atom. The van der Waals surface area contributed by atoms with Gasteiger partial charge >= 0.3 is 0 Å². The minimum Gasteiger partial charge on any atom is -0.493 e. The number of ether oxygens (including phenoxy) is 2. The number of halogens is 2. The summed E-state index contributed by atoms with van der Waals surface area (Å²) in [6.07, 6.45) is 3.00. The topological polar surface area (TPSA) is 88.5 Å². The van der Waals surface area contributed by atoms with E-state index < -0.39 is 5.92 Å². The predicted octanol–water partition coefficient (Wildman–Crippen LogP) is 4.33. The van der Waals surface area contributed by atoms with Gasteiger partial charge in [0.05, 0.1) is 19.2 Å². The van der Waals surface area contributed by atoms with Gasteiger partial charge in [0, 0.05) is 43.9 Å². The second kappa shape index (κ2) is 10.4. The van der Waals surface area contributed by atoms with E-state index in [0.29, 0.717) is 46.7 Å². The van der Waals surface area contributed by atoms with Gasteiger partial charge in [0.1, 0.15) is 11.3 Å². The van der Waals surface area contributed by atoms with Gasteiger partial charge in [-0.05, 0) is 50.0 Å². The summed E-state index contributed by atoms with van der Waals surface area (Å²) in [5.41, 5.74) is 2.24. The van der Waals surface area contributed by atoms with Crippen molar-refractivity contribution in [3.8, 4) is 11.5 Å². The molecule has 0 atom stereocenters. The lowest BCUT2D eigenvalue weighted by molar-refractivity contribution is -0.0222. The van der Waals surface area contributed by atoms with Crippen molar-refractivity contribution in [2.75, 3.05) is 56.7 Å². The molecule has 9 nitrogen and oxygen atoms in total. The number of benzene rings is 1. The fraction of sp³-hybridized carbons (Fsp3) is 0.565. The van der Waals surface area contributed by atoms with Crippen molar-refractivity contribution in [2.24, 2.45) is 0 Å².